The lowest BCUT2D eigenvalue weighted by molar-refractivity contribution is -0.385. The number of benzene rings is 2. The van der Waals surface area contributed by atoms with E-state index in [1.807, 2.05) is 6.07 Å². The van der Waals surface area contributed by atoms with Crippen LogP contribution in [0.3, 0.4) is 0 Å². The van der Waals surface area contributed by atoms with Crippen molar-refractivity contribution in [3.63, 3.8) is 0 Å². The molecule has 6 heteroatoms. The number of nitriles is 1. The first kappa shape index (κ1) is 13.8. The number of hydrogen-bond donors (Lipinski definition) is 0. The number of nitro groups is 1. The second kappa shape index (κ2) is 6.04. The molecule has 2 aromatic rings. The maximum absolute atomic E-state index is 11.0. The number of rotatable bonds is 4. The van der Waals surface area contributed by atoms with Crippen molar-refractivity contribution in [2.24, 2.45) is 0 Å². The molecule has 2 rings (SSSR count). The Balaban J connectivity index is 2.43. The van der Waals surface area contributed by atoms with Crippen LogP contribution in [0.25, 0.3) is 0 Å². The van der Waals surface area contributed by atoms with E-state index >= 15 is 0 Å². The molecule has 0 fully saturated rings. The topological polar surface area (TPSA) is 76.2 Å². The molecule has 0 saturated carbocycles. The summed E-state index contributed by atoms with van der Waals surface area (Å²) in [7, 11) is 0. The first-order valence-corrected chi connectivity index (χ1v) is 6.19. The van der Waals surface area contributed by atoms with Gasteiger partial charge in [-0.1, -0.05) is 18.2 Å². The van der Waals surface area contributed by atoms with Crippen molar-refractivity contribution >= 4 is 17.3 Å². The van der Waals surface area contributed by atoms with E-state index in [0.717, 1.165) is 5.56 Å². The van der Waals surface area contributed by atoms with Gasteiger partial charge in [0.25, 0.3) is 0 Å². The Labute approximate surface area is 120 Å². The number of ether oxygens (including phenoxy) is 1. The molecule has 0 aliphatic heterocycles. The van der Waals surface area contributed by atoms with Crippen LogP contribution < -0.4 is 4.74 Å². The third kappa shape index (κ3) is 2.87. The average Bonchev–Trinajstić information content (AvgIpc) is 2.48. The van der Waals surface area contributed by atoms with Crippen LogP contribution in [0, 0.1) is 21.4 Å². The molecule has 0 aliphatic rings. The van der Waals surface area contributed by atoms with Crippen LogP contribution >= 0.6 is 11.6 Å². The zero-order chi connectivity index (χ0) is 14.5. The minimum absolute atomic E-state index is 0.0755. The van der Waals surface area contributed by atoms with Gasteiger partial charge in [0.1, 0.15) is 5.75 Å². The van der Waals surface area contributed by atoms with E-state index in [1.54, 1.807) is 24.3 Å². The molecule has 0 aromatic heterocycles. The molecule has 0 aliphatic carbocycles. The number of halogens is 1. The highest BCUT2D eigenvalue weighted by Crippen LogP contribution is 2.33. The third-order valence-corrected chi connectivity index (χ3v) is 2.91. The van der Waals surface area contributed by atoms with Gasteiger partial charge in [0.05, 0.1) is 22.4 Å². The summed E-state index contributed by atoms with van der Waals surface area (Å²) in [6, 6.07) is 12.9. The minimum atomic E-state index is -0.584. The molecule has 20 heavy (non-hydrogen) atoms. The van der Waals surface area contributed by atoms with E-state index in [2.05, 4.69) is 0 Å². The lowest BCUT2D eigenvalue weighted by Gasteiger charge is -2.09. The van der Waals surface area contributed by atoms with E-state index in [9.17, 15) is 10.1 Å². The summed E-state index contributed by atoms with van der Waals surface area (Å²) >= 11 is 5.79. The highest BCUT2D eigenvalue weighted by Gasteiger charge is 2.17. The smallest absolute Gasteiger partial charge is 0.312 e. The van der Waals surface area contributed by atoms with Crippen LogP contribution in [-0.4, -0.2) is 4.92 Å². The second-order valence-electron chi connectivity index (χ2n) is 3.89. The monoisotopic (exact) mass is 288 g/mol. The van der Waals surface area contributed by atoms with E-state index in [1.165, 1.54) is 18.2 Å². The number of nitro benzene ring substituents is 1. The van der Waals surface area contributed by atoms with Crippen molar-refractivity contribution in [3.05, 3.63) is 63.7 Å². The maximum atomic E-state index is 11.0. The van der Waals surface area contributed by atoms with Crippen molar-refractivity contribution in [2.75, 3.05) is 0 Å². The molecular formula is C14H9ClN2O3. The van der Waals surface area contributed by atoms with Gasteiger partial charge in [0, 0.05) is 11.6 Å². The van der Waals surface area contributed by atoms with Gasteiger partial charge in [0.2, 0.25) is 5.75 Å². The second-order valence-corrected chi connectivity index (χ2v) is 4.16. The summed E-state index contributed by atoms with van der Waals surface area (Å²) in [4.78, 5) is 10.4. The fourth-order valence-electron chi connectivity index (χ4n) is 1.65. The van der Waals surface area contributed by atoms with Crippen LogP contribution in [0.2, 0.25) is 0 Å². The van der Waals surface area contributed by atoms with Gasteiger partial charge >= 0.3 is 5.69 Å². The van der Waals surface area contributed by atoms with Crippen molar-refractivity contribution < 1.29 is 9.66 Å². The van der Waals surface area contributed by atoms with Crippen LogP contribution in [0.1, 0.15) is 11.1 Å². The first-order valence-electron chi connectivity index (χ1n) is 5.66. The molecule has 5 nitrogen and oxygen atoms in total. The fourth-order valence-corrected chi connectivity index (χ4v) is 1.87. The zero-order valence-corrected chi connectivity index (χ0v) is 11.0. The van der Waals surface area contributed by atoms with Crippen LogP contribution in [0.4, 0.5) is 5.69 Å². The average molecular weight is 289 g/mol. The number of nitrogens with zero attached hydrogens (tertiary/aromatic N) is 2. The molecule has 0 saturated heterocycles. The largest absolute Gasteiger partial charge is 0.450 e. The zero-order valence-electron chi connectivity index (χ0n) is 10.2. The highest BCUT2D eigenvalue weighted by molar-refractivity contribution is 6.17. The molecule has 0 spiro atoms. The van der Waals surface area contributed by atoms with Gasteiger partial charge < -0.3 is 4.74 Å². The Morgan fingerprint density at radius 1 is 1.25 bits per heavy atom. The summed E-state index contributed by atoms with van der Waals surface area (Å²) in [5.41, 5.74) is 0.677. The molecule has 2 aromatic carbocycles. The molecule has 0 unspecified atom stereocenters. The molecule has 0 N–H and O–H groups in total. The molecule has 0 atom stereocenters. The Morgan fingerprint density at radius 2 is 2.00 bits per heavy atom. The minimum Gasteiger partial charge on any atom is -0.450 e. The van der Waals surface area contributed by atoms with E-state index in [0.29, 0.717) is 5.75 Å². The summed E-state index contributed by atoms with van der Waals surface area (Å²) in [6.07, 6.45) is 0. The Hall–Kier alpha value is -2.58. The Bertz CT molecular complexity index is 695. The van der Waals surface area contributed by atoms with E-state index in [-0.39, 0.29) is 22.9 Å². The third-order valence-electron chi connectivity index (χ3n) is 2.62. The van der Waals surface area contributed by atoms with Gasteiger partial charge in [-0.2, -0.15) is 5.26 Å². The predicted octanol–water partition coefficient (Wildman–Crippen LogP) is 4.00. The molecule has 0 bridgehead atoms. The number of para-hydroxylation sites is 1. The van der Waals surface area contributed by atoms with E-state index < -0.39 is 4.92 Å². The van der Waals surface area contributed by atoms with Crippen molar-refractivity contribution in [2.45, 2.75) is 5.88 Å². The molecule has 0 heterocycles. The summed E-state index contributed by atoms with van der Waals surface area (Å²) in [6.45, 7) is 0. The van der Waals surface area contributed by atoms with E-state index in [4.69, 9.17) is 21.6 Å². The summed E-state index contributed by atoms with van der Waals surface area (Å²) in [5, 5.41) is 19.8. The first-order chi connectivity index (χ1) is 9.65. The van der Waals surface area contributed by atoms with Gasteiger partial charge in [-0.3, -0.25) is 10.1 Å². The highest BCUT2D eigenvalue weighted by atomic mass is 35.5. The van der Waals surface area contributed by atoms with Crippen molar-refractivity contribution in [1.82, 2.24) is 0 Å². The number of hydrogen-bond acceptors (Lipinski definition) is 4. The van der Waals surface area contributed by atoms with Crippen molar-refractivity contribution in [1.29, 1.82) is 5.26 Å². The Morgan fingerprint density at radius 3 is 2.65 bits per heavy atom. The molecular weight excluding hydrogens is 280 g/mol. The predicted molar refractivity (Wildman–Crippen MR) is 73.9 cm³/mol. The van der Waals surface area contributed by atoms with Gasteiger partial charge in [0.15, 0.2) is 0 Å². The maximum Gasteiger partial charge on any atom is 0.312 e. The molecule has 0 radical (unpaired) electrons. The lowest BCUT2D eigenvalue weighted by Crippen LogP contribution is -1.96. The quantitative estimate of drug-likeness (QED) is 0.484. The Kier molecular flexibility index (Phi) is 4.18. The van der Waals surface area contributed by atoms with Gasteiger partial charge in [-0.25, -0.2) is 0 Å². The standard InChI is InChI=1S/C14H9ClN2O3/c15-8-11-3-1-2-4-13(11)20-14-6-5-10(9-16)7-12(14)17(18)19/h1-7H,8H2. The van der Waals surface area contributed by atoms with Crippen molar-refractivity contribution in [3.8, 4) is 17.6 Å². The number of alkyl halides is 1. The van der Waals surface area contributed by atoms with Crippen LogP contribution in [0.15, 0.2) is 42.5 Å². The van der Waals surface area contributed by atoms with Gasteiger partial charge in [-0.05, 0) is 18.2 Å². The molecule has 100 valence electrons. The lowest BCUT2D eigenvalue weighted by atomic mass is 10.2. The normalized spacial score (nSPS) is 9.80. The molecule has 0 amide bonds. The van der Waals surface area contributed by atoms with Gasteiger partial charge in [-0.15, -0.1) is 11.6 Å². The van der Waals surface area contributed by atoms with Crippen LogP contribution in [0.5, 0.6) is 11.5 Å². The van der Waals surface area contributed by atoms with Crippen LogP contribution in [-0.2, 0) is 5.88 Å². The summed E-state index contributed by atoms with van der Waals surface area (Å²) in [5.74, 6) is 0.766. The SMILES string of the molecule is N#Cc1ccc(Oc2ccccc2CCl)c([N+](=O)[O-])c1. The summed E-state index contributed by atoms with van der Waals surface area (Å²) < 4.78 is 5.56. The fraction of sp³-hybridized carbons (Fsp3) is 0.0714.